The fourth-order valence-electron chi connectivity index (χ4n) is 3.51. The first-order valence-electron chi connectivity index (χ1n) is 8.48. The third-order valence-corrected chi connectivity index (χ3v) is 5.68. The fourth-order valence-corrected chi connectivity index (χ4v) is 4.20. The summed E-state index contributed by atoms with van der Waals surface area (Å²) in [6.07, 6.45) is 5.54. The fraction of sp³-hybridized carbons (Fsp3) is 0.526. The van der Waals surface area contributed by atoms with E-state index in [-0.39, 0.29) is 5.91 Å². The number of aromatic amines is 1. The zero-order valence-electron chi connectivity index (χ0n) is 15.5. The molecule has 0 fully saturated rings. The zero-order chi connectivity index (χ0) is 18.0. The van der Waals surface area contributed by atoms with Gasteiger partial charge in [-0.1, -0.05) is 13.8 Å². The van der Waals surface area contributed by atoms with Gasteiger partial charge in [-0.2, -0.15) is 0 Å². The smallest absolute Gasteiger partial charge is 0.251 e. The summed E-state index contributed by atoms with van der Waals surface area (Å²) in [5.74, 6) is 1.08. The standard InChI is InChI=1S/C19H28N2O2S/c1-7-15-12(3)19(22)21-17(15)10-16-13(4)18(14(5)20-16)11(2)8-9-24(6)23/h10-11,20H,7-9H2,1-6H3,(H,21,22)/b17-10-/t11-,24?/m0/s1. The van der Waals surface area contributed by atoms with Gasteiger partial charge in [0.25, 0.3) is 5.91 Å². The number of allylic oxidation sites excluding steroid dienone is 1. The van der Waals surface area contributed by atoms with E-state index < -0.39 is 10.8 Å². The minimum absolute atomic E-state index is 0.00181. The largest absolute Gasteiger partial charge is 0.359 e. The minimum Gasteiger partial charge on any atom is -0.359 e. The van der Waals surface area contributed by atoms with E-state index in [1.807, 2.05) is 13.0 Å². The Morgan fingerprint density at radius 2 is 1.92 bits per heavy atom. The molecule has 0 spiro atoms. The highest BCUT2D eigenvalue weighted by molar-refractivity contribution is 7.84. The van der Waals surface area contributed by atoms with Crippen molar-refractivity contribution in [1.82, 2.24) is 10.3 Å². The molecule has 24 heavy (non-hydrogen) atoms. The molecule has 2 heterocycles. The van der Waals surface area contributed by atoms with E-state index in [4.69, 9.17) is 0 Å². The second-order valence-corrected chi connectivity index (χ2v) is 8.19. The summed E-state index contributed by atoms with van der Waals surface area (Å²) >= 11 is 0. The van der Waals surface area contributed by atoms with Crippen LogP contribution in [-0.4, -0.2) is 27.1 Å². The van der Waals surface area contributed by atoms with Gasteiger partial charge in [0.05, 0.1) is 0 Å². The van der Waals surface area contributed by atoms with Crippen LogP contribution in [0, 0.1) is 13.8 Å². The number of aromatic nitrogens is 1. The van der Waals surface area contributed by atoms with Crippen molar-refractivity contribution in [2.45, 2.75) is 53.4 Å². The van der Waals surface area contributed by atoms with Gasteiger partial charge in [0.1, 0.15) is 0 Å². The van der Waals surface area contributed by atoms with E-state index in [2.05, 4.69) is 38.0 Å². The van der Waals surface area contributed by atoms with Crippen LogP contribution in [0.15, 0.2) is 16.8 Å². The van der Waals surface area contributed by atoms with Gasteiger partial charge < -0.3 is 10.3 Å². The molecule has 4 nitrogen and oxygen atoms in total. The van der Waals surface area contributed by atoms with Crippen LogP contribution in [0.25, 0.3) is 6.08 Å². The average Bonchev–Trinajstić information content (AvgIpc) is 2.93. The maximum Gasteiger partial charge on any atom is 0.251 e. The van der Waals surface area contributed by atoms with Gasteiger partial charge in [0.15, 0.2) is 0 Å². The van der Waals surface area contributed by atoms with Gasteiger partial charge in [0.2, 0.25) is 0 Å². The Balaban J connectivity index is 2.34. The van der Waals surface area contributed by atoms with E-state index >= 15 is 0 Å². The van der Waals surface area contributed by atoms with Gasteiger partial charge in [-0.05, 0) is 62.3 Å². The summed E-state index contributed by atoms with van der Waals surface area (Å²) in [6, 6.07) is 0. The predicted molar refractivity (Wildman–Crippen MR) is 101 cm³/mol. The van der Waals surface area contributed by atoms with Crippen LogP contribution in [0.3, 0.4) is 0 Å². The second-order valence-electron chi connectivity index (χ2n) is 6.64. The van der Waals surface area contributed by atoms with E-state index in [1.165, 1.54) is 11.1 Å². The van der Waals surface area contributed by atoms with Crippen molar-refractivity contribution in [3.63, 3.8) is 0 Å². The van der Waals surface area contributed by atoms with Crippen molar-refractivity contribution >= 4 is 22.8 Å². The van der Waals surface area contributed by atoms with Crippen molar-refractivity contribution in [2.24, 2.45) is 0 Å². The van der Waals surface area contributed by atoms with Crippen molar-refractivity contribution < 1.29 is 9.00 Å². The number of hydrogen-bond donors (Lipinski definition) is 2. The van der Waals surface area contributed by atoms with E-state index in [1.54, 1.807) is 6.26 Å². The number of carbonyl (C=O) groups excluding carboxylic acids is 1. The Labute approximate surface area is 147 Å². The molecule has 1 aromatic rings. The number of carbonyl (C=O) groups is 1. The highest BCUT2D eigenvalue weighted by Crippen LogP contribution is 2.31. The first-order chi connectivity index (χ1) is 11.3. The Morgan fingerprint density at radius 1 is 1.25 bits per heavy atom. The summed E-state index contributed by atoms with van der Waals surface area (Å²) in [4.78, 5) is 15.4. The molecular formula is C19H28N2O2S. The number of H-pyrrole nitrogens is 1. The van der Waals surface area contributed by atoms with Crippen molar-refractivity contribution in [3.8, 4) is 0 Å². The van der Waals surface area contributed by atoms with E-state index in [0.29, 0.717) is 5.92 Å². The van der Waals surface area contributed by atoms with Crippen molar-refractivity contribution in [2.75, 3.05) is 12.0 Å². The molecule has 2 atom stereocenters. The third-order valence-electron chi connectivity index (χ3n) is 4.87. The van der Waals surface area contributed by atoms with Crippen LogP contribution in [0.4, 0.5) is 0 Å². The van der Waals surface area contributed by atoms with Crippen LogP contribution in [0.2, 0.25) is 0 Å². The predicted octanol–water partition coefficient (Wildman–Crippen LogP) is 3.70. The first-order valence-corrected chi connectivity index (χ1v) is 10.2. The number of aryl methyl sites for hydroxylation is 1. The molecule has 2 N–H and O–H groups in total. The monoisotopic (exact) mass is 348 g/mol. The highest BCUT2D eigenvalue weighted by Gasteiger charge is 2.23. The van der Waals surface area contributed by atoms with Gasteiger partial charge in [-0.25, -0.2) is 0 Å². The van der Waals surface area contributed by atoms with Gasteiger partial charge in [0, 0.05) is 45.5 Å². The maximum atomic E-state index is 11.9. The normalized spacial score (nSPS) is 19.1. The van der Waals surface area contributed by atoms with Crippen LogP contribution in [0.5, 0.6) is 0 Å². The molecule has 1 aliphatic rings. The first kappa shape index (κ1) is 18.7. The van der Waals surface area contributed by atoms with Crippen LogP contribution in [0.1, 0.15) is 62.0 Å². The van der Waals surface area contributed by atoms with E-state index in [0.717, 1.165) is 46.8 Å². The lowest BCUT2D eigenvalue weighted by Crippen LogP contribution is -2.15. The number of nitrogens with one attached hydrogen (secondary N) is 2. The Hall–Kier alpha value is -1.62. The molecule has 1 aliphatic heterocycles. The molecule has 0 aliphatic carbocycles. The van der Waals surface area contributed by atoms with Gasteiger partial charge >= 0.3 is 0 Å². The lowest BCUT2D eigenvalue weighted by Gasteiger charge is -2.12. The summed E-state index contributed by atoms with van der Waals surface area (Å²) in [5, 5.41) is 2.97. The Morgan fingerprint density at radius 3 is 2.50 bits per heavy atom. The molecule has 0 saturated heterocycles. The van der Waals surface area contributed by atoms with Crippen LogP contribution < -0.4 is 5.32 Å². The maximum absolute atomic E-state index is 11.9. The van der Waals surface area contributed by atoms with Gasteiger partial charge in [-0.15, -0.1) is 0 Å². The molecule has 1 unspecified atom stereocenters. The van der Waals surface area contributed by atoms with Crippen LogP contribution >= 0.6 is 0 Å². The minimum atomic E-state index is -0.760. The molecule has 5 heteroatoms. The lowest BCUT2D eigenvalue weighted by atomic mass is 9.94. The molecule has 0 bridgehead atoms. The van der Waals surface area contributed by atoms with Crippen molar-refractivity contribution in [3.05, 3.63) is 39.4 Å². The molecule has 2 rings (SSSR count). The summed E-state index contributed by atoms with van der Waals surface area (Å²) < 4.78 is 11.4. The number of amides is 1. The van der Waals surface area contributed by atoms with Gasteiger partial charge in [-0.3, -0.25) is 9.00 Å². The molecular weight excluding hydrogens is 320 g/mol. The molecule has 1 aromatic heterocycles. The summed E-state index contributed by atoms with van der Waals surface area (Å²) in [6.45, 7) is 10.3. The van der Waals surface area contributed by atoms with Crippen molar-refractivity contribution in [1.29, 1.82) is 0 Å². The topological polar surface area (TPSA) is 62.0 Å². The molecule has 0 saturated carbocycles. The third kappa shape index (κ3) is 3.72. The summed E-state index contributed by atoms with van der Waals surface area (Å²) in [5.41, 5.74) is 7.50. The SMILES string of the molecule is CCC1=C(C)C(=O)N/C1=C\c1[nH]c(C)c([C@@H](C)CCS(C)=O)c1C. The lowest BCUT2D eigenvalue weighted by molar-refractivity contribution is -0.116. The zero-order valence-corrected chi connectivity index (χ0v) is 16.3. The average molecular weight is 349 g/mol. The summed E-state index contributed by atoms with van der Waals surface area (Å²) in [7, 11) is -0.760. The molecule has 0 radical (unpaired) electrons. The molecule has 0 aromatic carbocycles. The molecule has 132 valence electrons. The Bertz CT molecular complexity index is 741. The number of rotatable bonds is 6. The quantitative estimate of drug-likeness (QED) is 0.823. The molecule has 1 amide bonds. The second kappa shape index (κ2) is 7.51. The van der Waals surface area contributed by atoms with E-state index in [9.17, 15) is 9.00 Å². The van der Waals surface area contributed by atoms with Crippen LogP contribution in [-0.2, 0) is 15.6 Å². The Kier molecular flexibility index (Phi) is 5.86. The number of hydrogen-bond acceptors (Lipinski definition) is 2. The highest BCUT2D eigenvalue weighted by atomic mass is 32.2.